The molecule has 1 aliphatic rings. The standard InChI is InChI=1S/C19H24N4O4S/c1-12-6-4-5-7-16(12)20-18(24)17-13(2)21-22-19(17)28(25,26)23-14-8-10-15(27-3)11-9-14/h4-11,13,17,19,21-23H,1-3H3,(H,20,24). The minimum Gasteiger partial charge on any atom is -0.497 e. The van der Waals surface area contributed by atoms with Gasteiger partial charge in [-0.15, -0.1) is 0 Å². The Morgan fingerprint density at radius 1 is 1.07 bits per heavy atom. The molecule has 28 heavy (non-hydrogen) atoms. The van der Waals surface area contributed by atoms with E-state index in [9.17, 15) is 13.2 Å². The smallest absolute Gasteiger partial charge is 0.250 e. The van der Waals surface area contributed by atoms with Gasteiger partial charge in [-0.2, -0.15) is 0 Å². The van der Waals surface area contributed by atoms with Gasteiger partial charge in [-0.05, 0) is 49.7 Å². The van der Waals surface area contributed by atoms with E-state index in [0.717, 1.165) is 5.56 Å². The van der Waals surface area contributed by atoms with Gasteiger partial charge >= 0.3 is 0 Å². The minimum absolute atomic E-state index is 0.371. The predicted octanol–water partition coefficient (Wildman–Crippen LogP) is 1.82. The Hall–Kier alpha value is -2.62. The van der Waals surface area contributed by atoms with Crippen LogP contribution in [0.25, 0.3) is 0 Å². The number of hydrogen-bond donors (Lipinski definition) is 4. The Morgan fingerprint density at radius 3 is 2.39 bits per heavy atom. The molecule has 150 valence electrons. The van der Waals surface area contributed by atoms with Crippen molar-refractivity contribution in [1.82, 2.24) is 10.9 Å². The average Bonchev–Trinajstić information content (AvgIpc) is 3.06. The number of anilines is 2. The lowest BCUT2D eigenvalue weighted by molar-refractivity contribution is -0.119. The van der Waals surface area contributed by atoms with Gasteiger partial charge in [-0.1, -0.05) is 18.2 Å². The molecule has 0 radical (unpaired) electrons. The van der Waals surface area contributed by atoms with Crippen molar-refractivity contribution in [3.63, 3.8) is 0 Å². The lowest BCUT2D eigenvalue weighted by Crippen LogP contribution is -2.45. The number of hydrazine groups is 1. The van der Waals surface area contributed by atoms with Gasteiger partial charge in [-0.3, -0.25) is 14.9 Å². The summed E-state index contributed by atoms with van der Waals surface area (Å²) in [4.78, 5) is 12.9. The number of nitrogens with one attached hydrogen (secondary N) is 4. The van der Waals surface area contributed by atoms with Crippen molar-refractivity contribution >= 4 is 27.3 Å². The summed E-state index contributed by atoms with van der Waals surface area (Å²) in [6, 6.07) is 13.5. The number of benzene rings is 2. The van der Waals surface area contributed by atoms with Crippen molar-refractivity contribution in [2.75, 3.05) is 17.1 Å². The Balaban J connectivity index is 1.78. The van der Waals surface area contributed by atoms with Crippen molar-refractivity contribution in [2.24, 2.45) is 5.92 Å². The highest BCUT2D eigenvalue weighted by atomic mass is 32.2. The topological polar surface area (TPSA) is 109 Å². The molecule has 0 bridgehead atoms. The molecule has 9 heteroatoms. The Bertz CT molecular complexity index is 947. The van der Waals surface area contributed by atoms with Crippen molar-refractivity contribution in [2.45, 2.75) is 25.3 Å². The molecule has 3 atom stereocenters. The number of amides is 1. The first-order valence-electron chi connectivity index (χ1n) is 8.85. The second-order valence-electron chi connectivity index (χ2n) is 6.70. The number of methoxy groups -OCH3 is 1. The molecule has 1 aliphatic heterocycles. The number of aryl methyl sites for hydroxylation is 1. The van der Waals surface area contributed by atoms with Gasteiger partial charge in [0.1, 0.15) is 5.75 Å². The number of rotatable bonds is 6. The normalized spacial score (nSPS) is 21.9. The largest absolute Gasteiger partial charge is 0.497 e. The summed E-state index contributed by atoms with van der Waals surface area (Å²) in [5, 5.41) is 1.70. The third-order valence-electron chi connectivity index (χ3n) is 4.71. The van der Waals surface area contributed by atoms with Gasteiger partial charge in [0.2, 0.25) is 5.91 Å². The van der Waals surface area contributed by atoms with Crippen LogP contribution in [0.3, 0.4) is 0 Å². The van der Waals surface area contributed by atoms with E-state index in [1.54, 1.807) is 37.3 Å². The first-order valence-corrected chi connectivity index (χ1v) is 10.4. The van der Waals surface area contributed by atoms with Crippen molar-refractivity contribution < 1.29 is 17.9 Å². The molecular formula is C19H24N4O4S. The van der Waals surface area contributed by atoms with Crippen LogP contribution in [0.1, 0.15) is 12.5 Å². The summed E-state index contributed by atoms with van der Waals surface area (Å²) in [5.74, 6) is -0.576. The van der Waals surface area contributed by atoms with Gasteiger partial charge in [0, 0.05) is 17.4 Å². The summed E-state index contributed by atoms with van der Waals surface area (Å²) in [5.41, 5.74) is 7.54. The summed E-state index contributed by atoms with van der Waals surface area (Å²) in [7, 11) is -2.35. The molecule has 3 unspecified atom stereocenters. The number of carbonyl (C=O) groups is 1. The molecule has 4 N–H and O–H groups in total. The number of sulfonamides is 1. The van der Waals surface area contributed by atoms with Gasteiger partial charge in [-0.25, -0.2) is 13.8 Å². The van der Waals surface area contributed by atoms with Crippen LogP contribution >= 0.6 is 0 Å². The van der Waals surface area contributed by atoms with Crippen LogP contribution in [0.5, 0.6) is 5.75 Å². The molecule has 8 nitrogen and oxygen atoms in total. The lowest BCUT2D eigenvalue weighted by Gasteiger charge is -2.22. The first kappa shape index (κ1) is 20.1. The van der Waals surface area contributed by atoms with E-state index >= 15 is 0 Å². The number of para-hydroxylation sites is 1. The summed E-state index contributed by atoms with van der Waals surface area (Å²) < 4.78 is 33.4. The van der Waals surface area contributed by atoms with Crippen LogP contribution in [0, 0.1) is 12.8 Å². The SMILES string of the molecule is COc1ccc(NS(=O)(=O)C2NNC(C)C2C(=O)Nc2ccccc2C)cc1. The highest BCUT2D eigenvalue weighted by molar-refractivity contribution is 7.93. The molecule has 3 rings (SSSR count). The number of ether oxygens (including phenoxy) is 1. The molecule has 0 spiro atoms. The molecule has 1 saturated heterocycles. The van der Waals surface area contributed by atoms with Crippen molar-refractivity contribution in [3.05, 3.63) is 54.1 Å². The van der Waals surface area contributed by atoms with E-state index < -0.39 is 21.3 Å². The van der Waals surface area contributed by atoms with Crippen molar-refractivity contribution in [3.8, 4) is 5.75 Å². The van der Waals surface area contributed by atoms with E-state index in [2.05, 4.69) is 20.9 Å². The molecule has 1 heterocycles. The molecule has 0 saturated carbocycles. The van der Waals surface area contributed by atoms with Gasteiger partial charge < -0.3 is 10.1 Å². The second-order valence-corrected chi connectivity index (χ2v) is 8.51. The molecule has 2 aromatic carbocycles. The predicted molar refractivity (Wildman–Crippen MR) is 108 cm³/mol. The highest BCUT2D eigenvalue weighted by Crippen LogP contribution is 2.25. The fraction of sp³-hybridized carbons (Fsp3) is 0.316. The van der Waals surface area contributed by atoms with E-state index in [4.69, 9.17) is 4.74 Å². The zero-order valence-electron chi connectivity index (χ0n) is 15.9. The van der Waals surface area contributed by atoms with Crippen LogP contribution in [0.4, 0.5) is 11.4 Å². The van der Waals surface area contributed by atoms with E-state index in [1.807, 2.05) is 25.1 Å². The number of hydrogen-bond acceptors (Lipinski definition) is 6. The fourth-order valence-electron chi connectivity index (χ4n) is 3.11. The maximum Gasteiger partial charge on any atom is 0.250 e. The monoisotopic (exact) mass is 404 g/mol. The highest BCUT2D eigenvalue weighted by Gasteiger charge is 2.46. The van der Waals surface area contributed by atoms with Gasteiger partial charge in [0.15, 0.2) is 5.37 Å². The van der Waals surface area contributed by atoms with Crippen LogP contribution < -0.4 is 25.6 Å². The molecular weight excluding hydrogens is 380 g/mol. The van der Waals surface area contributed by atoms with Crippen LogP contribution in [-0.2, 0) is 14.8 Å². The van der Waals surface area contributed by atoms with Crippen LogP contribution in [0.15, 0.2) is 48.5 Å². The van der Waals surface area contributed by atoms with E-state index in [-0.39, 0.29) is 11.9 Å². The Morgan fingerprint density at radius 2 is 1.75 bits per heavy atom. The minimum atomic E-state index is -3.89. The van der Waals surface area contributed by atoms with Gasteiger partial charge in [0.05, 0.1) is 13.0 Å². The third-order valence-corrected chi connectivity index (χ3v) is 6.31. The zero-order chi connectivity index (χ0) is 20.3. The maximum atomic E-state index is 12.9. The zero-order valence-corrected chi connectivity index (χ0v) is 16.7. The van der Waals surface area contributed by atoms with Gasteiger partial charge in [0.25, 0.3) is 10.0 Å². The quantitative estimate of drug-likeness (QED) is 0.585. The molecule has 1 amide bonds. The van der Waals surface area contributed by atoms with E-state index in [0.29, 0.717) is 17.1 Å². The maximum absolute atomic E-state index is 12.9. The summed E-state index contributed by atoms with van der Waals surface area (Å²) in [6.07, 6.45) is 0. The lowest BCUT2D eigenvalue weighted by atomic mass is 10.0. The summed E-state index contributed by atoms with van der Waals surface area (Å²) >= 11 is 0. The molecule has 2 aromatic rings. The second kappa shape index (κ2) is 8.17. The summed E-state index contributed by atoms with van der Waals surface area (Å²) in [6.45, 7) is 3.64. The van der Waals surface area contributed by atoms with Crippen LogP contribution in [0.2, 0.25) is 0 Å². The first-order chi connectivity index (χ1) is 13.3. The average molecular weight is 404 g/mol. The molecule has 0 aromatic heterocycles. The molecule has 0 aliphatic carbocycles. The molecule has 1 fully saturated rings. The number of carbonyl (C=O) groups excluding carboxylic acids is 1. The third kappa shape index (κ3) is 4.27. The fourth-order valence-corrected chi connectivity index (χ4v) is 4.67. The van der Waals surface area contributed by atoms with Crippen LogP contribution in [-0.4, -0.2) is 32.9 Å². The van der Waals surface area contributed by atoms with Crippen molar-refractivity contribution in [1.29, 1.82) is 0 Å². The Labute approximate surface area is 164 Å². The van der Waals surface area contributed by atoms with E-state index in [1.165, 1.54) is 7.11 Å². The Kier molecular flexibility index (Phi) is 5.87.